The number of para-hydroxylation sites is 1. The van der Waals surface area contributed by atoms with E-state index in [9.17, 15) is 0 Å². The summed E-state index contributed by atoms with van der Waals surface area (Å²) in [6, 6.07) is 63.6. The molecule has 0 saturated carbocycles. The third kappa shape index (κ3) is 8.42. The number of furan rings is 1. The van der Waals surface area contributed by atoms with E-state index < -0.39 is 0 Å². The first-order valence-corrected chi connectivity index (χ1v) is 31.1. The van der Waals surface area contributed by atoms with E-state index in [-0.39, 0.29) is 44.6 Å². The number of benzene rings is 8. The van der Waals surface area contributed by atoms with Crippen LogP contribution in [-0.4, -0.2) is 6.71 Å². The lowest BCUT2D eigenvalue weighted by molar-refractivity contribution is 0.332. The van der Waals surface area contributed by atoms with Crippen molar-refractivity contribution < 1.29 is 4.42 Å². The number of nitrogens with zero attached hydrogens (tertiary/aromatic N) is 3. The van der Waals surface area contributed by atoms with Crippen molar-refractivity contribution in [3.63, 3.8) is 0 Å². The molecule has 1 aromatic heterocycles. The third-order valence-electron chi connectivity index (χ3n) is 21.2. The Morgan fingerprint density at radius 1 is 0.410 bits per heavy atom. The lowest BCUT2D eigenvalue weighted by atomic mass is 9.35. The Balaban J connectivity index is 1.14. The molecule has 3 heterocycles. The molecule has 9 aromatic rings. The Morgan fingerprint density at radius 2 is 0.867 bits per heavy atom. The van der Waals surface area contributed by atoms with Gasteiger partial charge in [-0.15, -0.1) is 0 Å². The fourth-order valence-corrected chi connectivity index (χ4v) is 15.6. The van der Waals surface area contributed by atoms with Crippen molar-refractivity contribution in [3.05, 3.63) is 203 Å². The van der Waals surface area contributed by atoms with Gasteiger partial charge in [-0.05, 0) is 216 Å². The highest BCUT2D eigenvalue weighted by atomic mass is 16.3. The number of anilines is 9. The SMILES string of the molecule is CC(C)(C)c1ccc2c3c(oc2c1)B1c2cc4c(cc2N(c2ccc5c(c2)C(C)(C)CCC5(C)C)c2cc(N(c5ccccc5)c5ccc(-c6ccccc6)cc5)cc(c21)N3c1ccc2c(c1)C(C)(C)CCC2(C)C)C(C)(C)CCC4(C)C. The van der Waals surface area contributed by atoms with Gasteiger partial charge in [-0.25, -0.2) is 0 Å². The average Bonchev–Trinajstić information content (AvgIpc) is 2.65. The van der Waals surface area contributed by atoms with E-state index >= 15 is 0 Å². The fraction of sp³-hybridized carbons (Fsp3) is 0.359. The highest BCUT2D eigenvalue weighted by molar-refractivity contribution is 7.00. The van der Waals surface area contributed by atoms with Crippen molar-refractivity contribution in [2.75, 3.05) is 14.7 Å². The first kappa shape index (κ1) is 53.8. The zero-order valence-corrected chi connectivity index (χ0v) is 52.2. The number of hydrogen-bond acceptors (Lipinski definition) is 4. The van der Waals surface area contributed by atoms with Gasteiger partial charge in [0.1, 0.15) is 5.58 Å². The predicted molar refractivity (Wildman–Crippen MR) is 355 cm³/mol. The molecular formula is C78H84BN3O. The van der Waals surface area contributed by atoms with Gasteiger partial charge >= 0.3 is 0 Å². The molecule has 0 radical (unpaired) electrons. The zero-order valence-electron chi connectivity index (χ0n) is 52.2. The van der Waals surface area contributed by atoms with Crippen molar-refractivity contribution in [3.8, 4) is 11.1 Å². The van der Waals surface area contributed by atoms with Crippen molar-refractivity contribution in [2.45, 2.75) is 180 Å². The summed E-state index contributed by atoms with van der Waals surface area (Å²) >= 11 is 0. The van der Waals surface area contributed by atoms with Crippen LogP contribution < -0.4 is 31.3 Å². The van der Waals surface area contributed by atoms with Crippen LogP contribution in [-0.2, 0) is 37.9 Å². The molecule has 0 amide bonds. The Bertz CT molecular complexity index is 4090. The quantitative estimate of drug-likeness (QED) is 0.155. The summed E-state index contributed by atoms with van der Waals surface area (Å²) in [5.41, 5.74) is 27.4. The largest absolute Gasteiger partial charge is 0.468 e. The van der Waals surface area contributed by atoms with E-state index in [4.69, 9.17) is 4.42 Å². The summed E-state index contributed by atoms with van der Waals surface area (Å²) in [6.45, 7) is 36.4. The topological polar surface area (TPSA) is 22.9 Å². The predicted octanol–water partition coefficient (Wildman–Crippen LogP) is 20.0. The van der Waals surface area contributed by atoms with Crippen LogP contribution in [0.4, 0.5) is 51.2 Å². The monoisotopic (exact) mass is 1090 g/mol. The van der Waals surface area contributed by atoms with Crippen LogP contribution in [0.1, 0.15) is 181 Å². The molecule has 14 rings (SSSR count). The minimum Gasteiger partial charge on any atom is -0.468 e. The summed E-state index contributed by atoms with van der Waals surface area (Å²) in [5.74, 6) is 0. The number of rotatable bonds is 6. The van der Waals surface area contributed by atoms with Gasteiger partial charge in [0.05, 0.1) is 17.0 Å². The van der Waals surface area contributed by atoms with E-state index in [0.29, 0.717) is 0 Å². The molecule has 0 fully saturated rings. The molecule has 0 N–H and O–H groups in total. The Kier molecular flexibility index (Phi) is 11.7. The Hall–Kier alpha value is -7.24. The first-order valence-electron chi connectivity index (χ1n) is 31.1. The third-order valence-corrected chi connectivity index (χ3v) is 21.2. The minimum absolute atomic E-state index is 0.00184. The second kappa shape index (κ2) is 18.1. The van der Waals surface area contributed by atoms with Crippen LogP contribution in [0.15, 0.2) is 168 Å². The van der Waals surface area contributed by atoms with Gasteiger partial charge in [0.15, 0.2) is 0 Å². The van der Waals surface area contributed by atoms with Gasteiger partial charge < -0.3 is 19.1 Å². The maximum Gasteiger partial charge on any atom is 0.297 e. The first-order chi connectivity index (χ1) is 39.2. The summed E-state index contributed by atoms with van der Waals surface area (Å²) in [7, 11) is 0. The van der Waals surface area contributed by atoms with E-state index in [1.54, 1.807) is 0 Å². The van der Waals surface area contributed by atoms with Gasteiger partial charge in [0.2, 0.25) is 0 Å². The zero-order chi connectivity index (χ0) is 58.1. The van der Waals surface area contributed by atoms with Gasteiger partial charge in [0, 0.05) is 45.2 Å². The molecule has 8 aromatic carbocycles. The highest BCUT2D eigenvalue weighted by Crippen LogP contribution is 2.56. The van der Waals surface area contributed by atoms with Gasteiger partial charge in [-0.1, -0.05) is 189 Å². The van der Waals surface area contributed by atoms with E-state index in [1.165, 1.54) is 90.2 Å². The molecule has 0 saturated heterocycles. The maximum absolute atomic E-state index is 7.77. The fourth-order valence-electron chi connectivity index (χ4n) is 15.6. The molecule has 0 unspecified atom stereocenters. The lowest BCUT2D eigenvalue weighted by Crippen LogP contribution is -2.61. The maximum atomic E-state index is 7.77. The second-order valence-corrected chi connectivity index (χ2v) is 30.6. The Morgan fingerprint density at radius 3 is 1.41 bits per heavy atom. The van der Waals surface area contributed by atoms with Crippen molar-refractivity contribution in [2.24, 2.45) is 0 Å². The summed E-state index contributed by atoms with van der Waals surface area (Å²) in [4.78, 5) is 7.85. The molecule has 4 nitrogen and oxygen atoms in total. The number of hydrogen-bond donors (Lipinski definition) is 0. The standard InChI is InChI=1S/C78H84BN3O/c1-72(2,3)51-28-33-57-68(42-51)83-71-70(57)82(55-32-35-59-61(44-55)76(10,11)39-37-74(59,6)7)67-46-56(80(52-24-20-17-21-25-52)53-29-26-50(27-30-53)49-22-18-16-19-23-49)45-66-69(67)79(71)64-47-62-63(78(14,15)41-40-77(62,12)13)48-65(64)81(66)54-31-34-58-60(43-54)75(8,9)38-36-73(58,4)5/h16-35,42-48H,36-41H2,1-15H3. The molecule has 5 aliphatic rings. The van der Waals surface area contributed by atoms with E-state index in [1.807, 2.05) is 0 Å². The van der Waals surface area contributed by atoms with Crippen LogP contribution >= 0.6 is 0 Å². The van der Waals surface area contributed by atoms with Gasteiger partial charge in [0.25, 0.3) is 6.71 Å². The smallest absolute Gasteiger partial charge is 0.297 e. The molecule has 0 atom stereocenters. The van der Waals surface area contributed by atoms with Crippen molar-refractivity contribution in [1.82, 2.24) is 0 Å². The van der Waals surface area contributed by atoms with Gasteiger partial charge in [-0.2, -0.15) is 0 Å². The van der Waals surface area contributed by atoms with Crippen LogP contribution in [0.25, 0.3) is 22.1 Å². The molecule has 2 aliphatic heterocycles. The highest BCUT2D eigenvalue weighted by Gasteiger charge is 2.50. The van der Waals surface area contributed by atoms with Crippen LogP contribution in [0.5, 0.6) is 0 Å². The second-order valence-electron chi connectivity index (χ2n) is 30.6. The van der Waals surface area contributed by atoms with E-state index in [0.717, 1.165) is 77.2 Å². The summed E-state index contributed by atoms with van der Waals surface area (Å²) < 4.78 is 7.77. The normalized spacial score (nSPS) is 19.0. The molecular weight excluding hydrogens is 1010 g/mol. The van der Waals surface area contributed by atoms with Gasteiger partial charge in [-0.3, -0.25) is 0 Å². The lowest BCUT2D eigenvalue weighted by Gasteiger charge is -2.47. The molecule has 5 heteroatoms. The molecule has 0 spiro atoms. The number of fused-ring (bicyclic) bond motifs is 9. The molecule has 83 heavy (non-hydrogen) atoms. The van der Waals surface area contributed by atoms with Crippen molar-refractivity contribution >= 4 is 85.5 Å². The minimum atomic E-state index is -0.209. The van der Waals surface area contributed by atoms with Crippen LogP contribution in [0.2, 0.25) is 0 Å². The Labute approximate surface area is 496 Å². The molecule has 3 aliphatic carbocycles. The molecule has 420 valence electrons. The van der Waals surface area contributed by atoms with Crippen LogP contribution in [0, 0.1) is 0 Å². The average molecular weight is 1090 g/mol. The summed E-state index contributed by atoms with van der Waals surface area (Å²) in [6.07, 6.45) is 6.86. The molecule has 0 bridgehead atoms. The van der Waals surface area contributed by atoms with Crippen molar-refractivity contribution in [1.29, 1.82) is 0 Å². The van der Waals surface area contributed by atoms with E-state index in [2.05, 4.69) is 282 Å². The summed E-state index contributed by atoms with van der Waals surface area (Å²) in [5, 5.41) is 1.14. The van der Waals surface area contributed by atoms with Crippen LogP contribution in [0.3, 0.4) is 0 Å².